The number of fused-ring (bicyclic) bond motifs is 1. The first-order valence-corrected chi connectivity index (χ1v) is 12.1. The SMILES string of the molecule is CCOC(=O)N1CCC(NC(=O)[C@@H]2CCCN(c3ncnc4sc(CC)cc34)C2)CC1. The Bertz CT molecular complexity index is 925. The summed E-state index contributed by atoms with van der Waals surface area (Å²) in [6, 6.07) is 2.30. The molecule has 2 saturated heterocycles. The number of nitrogens with zero attached hydrogens (tertiary/aromatic N) is 4. The third kappa shape index (κ3) is 4.92. The van der Waals surface area contributed by atoms with Crippen LogP contribution in [0.4, 0.5) is 10.6 Å². The third-order valence-electron chi connectivity index (χ3n) is 6.17. The van der Waals surface area contributed by atoms with Crippen molar-refractivity contribution in [3.8, 4) is 0 Å². The Labute approximate surface area is 187 Å². The fourth-order valence-electron chi connectivity index (χ4n) is 4.44. The number of aromatic nitrogens is 2. The van der Waals surface area contributed by atoms with Gasteiger partial charge in [0.05, 0.1) is 17.9 Å². The first-order chi connectivity index (χ1) is 15.1. The maximum atomic E-state index is 13.0. The molecule has 31 heavy (non-hydrogen) atoms. The number of carbonyl (C=O) groups excluding carboxylic acids is 2. The second-order valence-electron chi connectivity index (χ2n) is 8.24. The summed E-state index contributed by atoms with van der Waals surface area (Å²) in [4.78, 5) is 40.1. The molecule has 1 atom stereocenters. The fourth-order valence-corrected chi connectivity index (χ4v) is 5.37. The van der Waals surface area contributed by atoms with Crippen molar-refractivity contribution in [2.45, 2.75) is 52.0 Å². The van der Waals surface area contributed by atoms with E-state index in [0.29, 0.717) is 26.2 Å². The highest BCUT2D eigenvalue weighted by molar-refractivity contribution is 7.18. The van der Waals surface area contributed by atoms with Crippen LogP contribution in [0.25, 0.3) is 10.2 Å². The molecule has 8 nitrogen and oxygen atoms in total. The van der Waals surface area contributed by atoms with Crippen molar-refractivity contribution in [2.75, 3.05) is 37.7 Å². The van der Waals surface area contributed by atoms with Crippen molar-refractivity contribution in [3.63, 3.8) is 0 Å². The van der Waals surface area contributed by atoms with Crippen molar-refractivity contribution < 1.29 is 14.3 Å². The summed E-state index contributed by atoms with van der Waals surface area (Å²) in [5.41, 5.74) is 0. The average molecular weight is 446 g/mol. The third-order valence-corrected chi connectivity index (χ3v) is 7.35. The van der Waals surface area contributed by atoms with Gasteiger partial charge in [-0.1, -0.05) is 6.92 Å². The quantitative estimate of drug-likeness (QED) is 0.760. The summed E-state index contributed by atoms with van der Waals surface area (Å²) in [5.74, 6) is 1.01. The summed E-state index contributed by atoms with van der Waals surface area (Å²) in [6.07, 6.45) is 5.75. The van der Waals surface area contributed by atoms with Gasteiger partial charge in [-0.3, -0.25) is 4.79 Å². The highest BCUT2D eigenvalue weighted by atomic mass is 32.1. The molecule has 1 N–H and O–H groups in total. The van der Waals surface area contributed by atoms with Crippen LogP contribution in [0.1, 0.15) is 44.4 Å². The number of thiophene rings is 1. The van der Waals surface area contributed by atoms with E-state index in [1.807, 2.05) is 6.92 Å². The zero-order chi connectivity index (χ0) is 21.8. The van der Waals surface area contributed by atoms with Crippen molar-refractivity contribution >= 4 is 39.4 Å². The van der Waals surface area contributed by atoms with Crippen molar-refractivity contribution in [1.82, 2.24) is 20.2 Å². The molecule has 4 heterocycles. The Balaban J connectivity index is 1.35. The summed E-state index contributed by atoms with van der Waals surface area (Å²) in [7, 11) is 0. The minimum absolute atomic E-state index is 0.0499. The molecule has 4 rings (SSSR count). The molecular weight excluding hydrogens is 414 g/mol. The van der Waals surface area contributed by atoms with Crippen LogP contribution in [0, 0.1) is 5.92 Å². The lowest BCUT2D eigenvalue weighted by Gasteiger charge is -2.35. The van der Waals surface area contributed by atoms with Crippen LogP contribution < -0.4 is 10.2 Å². The second kappa shape index (κ2) is 9.80. The van der Waals surface area contributed by atoms with E-state index in [0.717, 1.165) is 54.7 Å². The van der Waals surface area contributed by atoms with Gasteiger partial charge in [-0.2, -0.15) is 0 Å². The Kier molecular flexibility index (Phi) is 6.89. The van der Waals surface area contributed by atoms with E-state index in [9.17, 15) is 9.59 Å². The Hall–Kier alpha value is -2.42. The smallest absolute Gasteiger partial charge is 0.409 e. The monoisotopic (exact) mass is 445 g/mol. The van der Waals surface area contributed by atoms with Gasteiger partial charge in [0.25, 0.3) is 0 Å². The van der Waals surface area contributed by atoms with Gasteiger partial charge in [-0.15, -0.1) is 11.3 Å². The number of anilines is 1. The molecule has 0 unspecified atom stereocenters. The molecule has 2 aromatic rings. The lowest BCUT2D eigenvalue weighted by atomic mass is 9.95. The molecule has 0 aromatic carbocycles. The van der Waals surface area contributed by atoms with Gasteiger partial charge in [0.2, 0.25) is 5.91 Å². The number of hydrogen-bond acceptors (Lipinski definition) is 7. The van der Waals surface area contributed by atoms with Crippen molar-refractivity contribution in [1.29, 1.82) is 0 Å². The lowest BCUT2D eigenvalue weighted by Crippen LogP contribution is -2.50. The predicted molar refractivity (Wildman–Crippen MR) is 121 cm³/mol. The van der Waals surface area contributed by atoms with E-state index in [1.165, 1.54) is 4.88 Å². The molecule has 9 heteroatoms. The summed E-state index contributed by atoms with van der Waals surface area (Å²) >= 11 is 1.72. The largest absolute Gasteiger partial charge is 0.450 e. The minimum Gasteiger partial charge on any atom is -0.450 e. The first kappa shape index (κ1) is 21.8. The molecule has 0 bridgehead atoms. The molecule has 0 aliphatic carbocycles. The number of likely N-dealkylation sites (tertiary alicyclic amines) is 1. The zero-order valence-corrected chi connectivity index (χ0v) is 19.1. The summed E-state index contributed by atoms with van der Waals surface area (Å²) < 4.78 is 5.07. The average Bonchev–Trinajstić information content (AvgIpc) is 3.23. The highest BCUT2D eigenvalue weighted by Gasteiger charge is 2.30. The molecule has 2 fully saturated rings. The number of amides is 2. The number of hydrogen-bond donors (Lipinski definition) is 1. The van der Waals surface area contributed by atoms with Crippen LogP contribution >= 0.6 is 11.3 Å². The van der Waals surface area contributed by atoms with Gasteiger partial charge in [-0.25, -0.2) is 14.8 Å². The summed E-state index contributed by atoms with van der Waals surface area (Å²) in [5, 5.41) is 4.32. The van der Waals surface area contributed by atoms with Crippen LogP contribution in [0.5, 0.6) is 0 Å². The fraction of sp³-hybridized carbons (Fsp3) is 0.636. The number of aryl methyl sites for hydroxylation is 1. The molecule has 2 aromatic heterocycles. The Morgan fingerprint density at radius 2 is 2.00 bits per heavy atom. The first-order valence-electron chi connectivity index (χ1n) is 11.3. The van der Waals surface area contributed by atoms with Crippen molar-refractivity contribution in [3.05, 3.63) is 17.3 Å². The van der Waals surface area contributed by atoms with E-state index in [1.54, 1.807) is 22.6 Å². The van der Waals surface area contributed by atoms with E-state index in [-0.39, 0.29) is 24.0 Å². The molecule has 2 aliphatic heterocycles. The van der Waals surface area contributed by atoms with E-state index in [2.05, 4.69) is 33.2 Å². The Morgan fingerprint density at radius 1 is 1.19 bits per heavy atom. The predicted octanol–water partition coefficient (Wildman–Crippen LogP) is 3.21. The second-order valence-corrected chi connectivity index (χ2v) is 9.35. The van der Waals surface area contributed by atoms with E-state index >= 15 is 0 Å². The number of piperidine rings is 2. The van der Waals surface area contributed by atoms with Crippen LogP contribution in [0.2, 0.25) is 0 Å². The van der Waals surface area contributed by atoms with Gasteiger partial charge in [0.1, 0.15) is 17.0 Å². The van der Waals surface area contributed by atoms with Crippen LogP contribution in [0.15, 0.2) is 12.4 Å². The van der Waals surface area contributed by atoms with Gasteiger partial charge in [0.15, 0.2) is 0 Å². The standard InChI is InChI=1S/C22H31N5O3S/c1-3-17-12-18-19(23-14-24-21(18)31-17)27-9-5-6-15(13-27)20(28)25-16-7-10-26(11-8-16)22(29)30-4-2/h12,14-16H,3-11,13H2,1-2H3,(H,25,28)/t15-/m1/s1. The zero-order valence-electron chi connectivity index (χ0n) is 18.3. The number of nitrogens with one attached hydrogen (secondary N) is 1. The van der Waals surface area contributed by atoms with Crippen LogP contribution in [-0.2, 0) is 16.0 Å². The lowest BCUT2D eigenvalue weighted by molar-refractivity contribution is -0.126. The maximum Gasteiger partial charge on any atom is 0.409 e. The minimum atomic E-state index is -0.258. The number of carbonyl (C=O) groups is 2. The molecule has 0 saturated carbocycles. The topological polar surface area (TPSA) is 87.7 Å². The van der Waals surface area contributed by atoms with Gasteiger partial charge in [-0.05, 0) is 45.1 Å². The molecule has 168 valence electrons. The molecule has 2 aliphatic rings. The van der Waals surface area contributed by atoms with Gasteiger partial charge in [0, 0.05) is 37.1 Å². The van der Waals surface area contributed by atoms with Crippen LogP contribution in [0.3, 0.4) is 0 Å². The van der Waals surface area contributed by atoms with Gasteiger partial charge >= 0.3 is 6.09 Å². The van der Waals surface area contributed by atoms with E-state index < -0.39 is 0 Å². The Morgan fingerprint density at radius 3 is 2.74 bits per heavy atom. The molecule has 0 spiro atoms. The molecule has 0 radical (unpaired) electrons. The highest BCUT2D eigenvalue weighted by Crippen LogP contribution is 2.32. The molecular formula is C22H31N5O3S. The van der Waals surface area contributed by atoms with Crippen molar-refractivity contribution in [2.24, 2.45) is 5.92 Å². The van der Waals surface area contributed by atoms with Gasteiger partial charge < -0.3 is 19.9 Å². The number of ether oxygens (including phenoxy) is 1. The summed E-state index contributed by atoms with van der Waals surface area (Å²) in [6.45, 7) is 7.18. The molecule has 2 amide bonds. The normalized spacial score (nSPS) is 20.1. The maximum absolute atomic E-state index is 13.0. The number of rotatable bonds is 5. The van der Waals surface area contributed by atoms with Crippen LogP contribution in [-0.4, -0.2) is 65.7 Å². The van der Waals surface area contributed by atoms with E-state index in [4.69, 9.17) is 4.74 Å².